The fourth-order valence-corrected chi connectivity index (χ4v) is 2.44. The molecule has 0 amide bonds. The van der Waals surface area contributed by atoms with Crippen LogP contribution in [0.3, 0.4) is 0 Å². The predicted octanol–water partition coefficient (Wildman–Crippen LogP) is 2.56. The van der Waals surface area contributed by atoms with Crippen LogP contribution in [0.5, 0.6) is 0 Å². The number of alkyl halides is 6. The molecule has 5 nitrogen and oxygen atoms in total. The zero-order valence-electron chi connectivity index (χ0n) is 9.05. The maximum Gasteiger partial charge on any atom is 0.434 e. The fourth-order valence-electron chi connectivity index (χ4n) is 0.970. The molecule has 1 rings (SSSR count). The smallest absolute Gasteiger partial charge is 0.265 e. The van der Waals surface area contributed by atoms with Crippen LogP contribution in [-0.2, 0) is 16.2 Å². The molecule has 20 heavy (non-hydrogen) atoms. The number of rotatable bonds is 3. The number of sulfonamides is 1. The van der Waals surface area contributed by atoms with E-state index in [-0.39, 0.29) is 6.20 Å². The number of aromatic nitrogens is 2. The Balaban J connectivity index is 3.01. The van der Waals surface area contributed by atoms with E-state index < -0.39 is 44.2 Å². The molecule has 0 aliphatic heterocycles. The van der Waals surface area contributed by atoms with Crippen molar-refractivity contribution >= 4 is 31.8 Å². The van der Waals surface area contributed by atoms with Crippen LogP contribution >= 0.6 is 15.9 Å². The lowest BCUT2D eigenvalue weighted by Gasteiger charge is -2.11. The second-order valence-corrected chi connectivity index (χ2v) is 5.84. The van der Waals surface area contributed by atoms with Crippen molar-refractivity contribution in [2.75, 3.05) is 10.5 Å². The van der Waals surface area contributed by atoms with Gasteiger partial charge < -0.3 is 0 Å². The molecule has 0 saturated carbocycles. The van der Waals surface area contributed by atoms with Gasteiger partial charge in [0.2, 0.25) is 10.0 Å². The third-order valence-corrected chi connectivity index (χ3v) is 3.39. The molecule has 0 atom stereocenters. The topological polar surface area (TPSA) is 72.0 Å². The van der Waals surface area contributed by atoms with Gasteiger partial charge in [0.1, 0.15) is 4.60 Å². The highest BCUT2D eigenvalue weighted by Gasteiger charge is 2.37. The molecule has 1 heterocycles. The van der Waals surface area contributed by atoms with Crippen molar-refractivity contribution < 1.29 is 34.8 Å². The Morgan fingerprint density at radius 3 is 2.15 bits per heavy atom. The number of hydrogen-bond donors (Lipinski definition) is 1. The van der Waals surface area contributed by atoms with Crippen LogP contribution in [0.2, 0.25) is 0 Å². The molecule has 1 aromatic heterocycles. The van der Waals surface area contributed by atoms with E-state index in [9.17, 15) is 34.8 Å². The lowest BCUT2D eigenvalue weighted by atomic mass is 10.4. The Hall–Kier alpha value is -1.11. The Kier molecular flexibility index (Phi) is 4.53. The molecule has 0 spiro atoms. The first-order valence-electron chi connectivity index (χ1n) is 4.47. The summed E-state index contributed by atoms with van der Waals surface area (Å²) in [7, 11) is -4.85. The number of halogens is 7. The second-order valence-electron chi connectivity index (χ2n) is 3.37. The summed E-state index contributed by atoms with van der Waals surface area (Å²) >= 11 is 2.49. The van der Waals surface area contributed by atoms with E-state index in [1.807, 2.05) is 0 Å². The van der Waals surface area contributed by atoms with Gasteiger partial charge in [-0.2, -0.15) is 26.3 Å². The van der Waals surface area contributed by atoms with E-state index in [1.165, 1.54) is 4.72 Å². The van der Waals surface area contributed by atoms with E-state index in [0.29, 0.717) is 0 Å². The molecule has 13 heteroatoms. The minimum absolute atomic E-state index is 0.191. The second kappa shape index (κ2) is 5.35. The average molecular weight is 388 g/mol. The number of hydrogen-bond acceptors (Lipinski definition) is 4. The van der Waals surface area contributed by atoms with Crippen molar-refractivity contribution in [3.8, 4) is 0 Å². The maximum absolute atomic E-state index is 12.2. The van der Waals surface area contributed by atoms with Crippen LogP contribution in [0.4, 0.5) is 32.2 Å². The molecule has 0 bridgehead atoms. The zero-order chi connectivity index (χ0) is 15.8. The van der Waals surface area contributed by atoms with Gasteiger partial charge in [-0.25, -0.2) is 18.4 Å². The molecular formula is C7H4BrF6N3O2S. The third kappa shape index (κ3) is 5.11. The van der Waals surface area contributed by atoms with Gasteiger partial charge in [-0.05, 0) is 15.9 Å². The highest BCUT2D eigenvalue weighted by Crippen LogP contribution is 2.30. The van der Waals surface area contributed by atoms with Crippen LogP contribution in [0, 0.1) is 0 Å². The van der Waals surface area contributed by atoms with E-state index >= 15 is 0 Å². The van der Waals surface area contributed by atoms with Gasteiger partial charge in [0.15, 0.2) is 17.3 Å². The van der Waals surface area contributed by atoms with Crippen LogP contribution in [0.1, 0.15) is 5.69 Å². The molecule has 0 unspecified atom stereocenters. The Bertz CT molecular complexity index is 600. The van der Waals surface area contributed by atoms with E-state index in [1.54, 1.807) is 0 Å². The molecule has 114 valence electrons. The quantitative estimate of drug-likeness (QED) is 0.809. The summed E-state index contributed by atoms with van der Waals surface area (Å²) < 4.78 is 95.5. The first-order valence-corrected chi connectivity index (χ1v) is 6.92. The summed E-state index contributed by atoms with van der Waals surface area (Å²) in [5.74, 6) is -2.97. The van der Waals surface area contributed by atoms with Gasteiger partial charge in [-0.15, -0.1) is 0 Å². The van der Waals surface area contributed by atoms with Crippen molar-refractivity contribution in [1.82, 2.24) is 9.97 Å². The van der Waals surface area contributed by atoms with Gasteiger partial charge in [0.05, 0.1) is 6.20 Å². The fraction of sp³-hybridized carbons (Fsp3) is 0.429. The summed E-state index contributed by atoms with van der Waals surface area (Å²) in [5, 5.41) is 0. The van der Waals surface area contributed by atoms with E-state index in [0.717, 1.165) is 0 Å². The minimum atomic E-state index is -5.00. The van der Waals surface area contributed by atoms with Gasteiger partial charge in [-0.3, -0.25) is 4.72 Å². The molecule has 1 aromatic rings. The molecule has 0 saturated heterocycles. The van der Waals surface area contributed by atoms with Gasteiger partial charge in [0, 0.05) is 0 Å². The largest absolute Gasteiger partial charge is 0.434 e. The SMILES string of the molecule is O=S(=O)(CC(F)(F)F)Nc1ncc(C(F)(F)F)nc1Br. The highest BCUT2D eigenvalue weighted by atomic mass is 79.9. The first kappa shape index (κ1) is 16.9. The number of nitrogens with zero attached hydrogens (tertiary/aromatic N) is 2. The number of nitrogens with one attached hydrogen (secondary N) is 1. The molecule has 0 fully saturated rings. The van der Waals surface area contributed by atoms with Crippen LogP contribution in [0.15, 0.2) is 10.8 Å². The Morgan fingerprint density at radius 1 is 1.20 bits per heavy atom. The number of anilines is 1. The predicted molar refractivity (Wildman–Crippen MR) is 58.2 cm³/mol. The molecule has 0 aliphatic carbocycles. The lowest BCUT2D eigenvalue weighted by molar-refractivity contribution is -0.141. The summed E-state index contributed by atoms with van der Waals surface area (Å²) in [4.78, 5) is 6.02. The standard InChI is InChI=1S/C7H4BrF6N3O2S/c8-4-5(15-1-3(16-4)7(12,13)14)17-20(18,19)2-6(9,10)11/h1H,2H2,(H,15,17). The molecular weight excluding hydrogens is 384 g/mol. The molecule has 0 radical (unpaired) electrons. The van der Waals surface area contributed by atoms with E-state index in [2.05, 4.69) is 25.9 Å². The summed E-state index contributed by atoms with van der Waals surface area (Å²) in [6.07, 6.45) is -9.63. The monoisotopic (exact) mass is 387 g/mol. The van der Waals surface area contributed by atoms with Crippen LogP contribution in [0.25, 0.3) is 0 Å². The molecule has 0 aliphatic rings. The molecule has 1 N–H and O–H groups in total. The normalized spacial score (nSPS) is 13.3. The van der Waals surface area contributed by atoms with Crippen LogP contribution < -0.4 is 4.72 Å². The van der Waals surface area contributed by atoms with E-state index in [4.69, 9.17) is 0 Å². The van der Waals surface area contributed by atoms with Crippen molar-refractivity contribution in [2.24, 2.45) is 0 Å². The summed E-state index contributed by atoms with van der Waals surface area (Å²) in [6, 6.07) is 0. The van der Waals surface area contributed by atoms with Gasteiger partial charge >= 0.3 is 12.4 Å². The van der Waals surface area contributed by atoms with Gasteiger partial charge in [0.25, 0.3) is 0 Å². The van der Waals surface area contributed by atoms with Crippen molar-refractivity contribution in [3.63, 3.8) is 0 Å². The van der Waals surface area contributed by atoms with Crippen LogP contribution in [-0.4, -0.2) is 30.3 Å². The Labute approximate surface area is 116 Å². The maximum atomic E-state index is 12.2. The average Bonchev–Trinajstić information content (AvgIpc) is 2.15. The highest BCUT2D eigenvalue weighted by molar-refractivity contribution is 9.10. The summed E-state index contributed by atoms with van der Waals surface area (Å²) in [5.41, 5.74) is -1.43. The lowest BCUT2D eigenvalue weighted by Crippen LogP contribution is -2.28. The van der Waals surface area contributed by atoms with Crippen molar-refractivity contribution in [3.05, 3.63) is 16.5 Å². The third-order valence-electron chi connectivity index (χ3n) is 1.63. The summed E-state index contributed by atoms with van der Waals surface area (Å²) in [6.45, 7) is 0. The van der Waals surface area contributed by atoms with Crippen molar-refractivity contribution in [2.45, 2.75) is 12.4 Å². The zero-order valence-corrected chi connectivity index (χ0v) is 11.5. The first-order chi connectivity index (χ1) is 8.80. The van der Waals surface area contributed by atoms with Gasteiger partial charge in [-0.1, -0.05) is 0 Å². The van der Waals surface area contributed by atoms with Crippen molar-refractivity contribution in [1.29, 1.82) is 0 Å². The Morgan fingerprint density at radius 2 is 1.75 bits per heavy atom. The molecule has 0 aromatic carbocycles. The minimum Gasteiger partial charge on any atom is -0.265 e.